The topological polar surface area (TPSA) is 248 Å². The van der Waals surface area contributed by atoms with E-state index in [4.69, 9.17) is 23.7 Å². The molecule has 14 atom stereocenters. The lowest BCUT2D eigenvalue weighted by Gasteiger charge is -2.47. The largest absolute Gasteiger partial charge is 0.394 e. The molecule has 3 fully saturated rings. The molecule has 3 aliphatic heterocycles. The second kappa shape index (κ2) is 10.8. The Labute approximate surface area is 181 Å². The Hall–Kier alpha value is -0.600. The molecule has 3 heterocycles. The monoisotopic (exact) mass is 474 g/mol. The molecule has 188 valence electrons. The van der Waals surface area contributed by atoms with Crippen LogP contribution in [0, 0.1) is 0 Å². The lowest BCUT2D eigenvalue weighted by Crippen LogP contribution is -2.65. The van der Waals surface area contributed by atoms with Crippen molar-refractivity contribution in [3.63, 3.8) is 0 Å². The number of ether oxygens (including phenoxy) is 5. The van der Waals surface area contributed by atoms with Crippen molar-refractivity contribution in [3.05, 3.63) is 0 Å². The first-order valence-corrected chi connectivity index (χ1v) is 10.00. The van der Waals surface area contributed by atoms with E-state index >= 15 is 0 Å². The molecule has 10 N–H and O–H groups in total. The van der Waals surface area contributed by atoms with Gasteiger partial charge >= 0.3 is 0 Å². The summed E-state index contributed by atoms with van der Waals surface area (Å²) in [6, 6.07) is 0. The van der Waals surface area contributed by atoms with Crippen molar-refractivity contribution in [2.24, 2.45) is 0 Å². The SMILES string of the molecule is OC[C@H]1O[C@@H](O[C@H]2[C@H](O)[C@@H](O)[C@H](O[C@@H]3CO[C@@H](O)[C@H](O)[C@H]3O)O[C@@H]2CO)[C@H](O)[C@@H](O)[C@H]1O. The molecule has 0 aliphatic carbocycles. The minimum Gasteiger partial charge on any atom is -0.394 e. The summed E-state index contributed by atoms with van der Waals surface area (Å²) in [6.45, 7) is -1.86. The highest BCUT2D eigenvalue weighted by Crippen LogP contribution is 2.30. The van der Waals surface area contributed by atoms with Gasteiger partial charge in [0.2, 0.25) is 0 Å². The Balaban J connectivity index is 1.67. The summed E-state index contributed by atoms with van der Waals surface area (Å²) in [5, 5.41) is 98.8. The molecular formula is C17H30O15. The standard InChI is InChI=1S/C17H30O15/c18-1-4-7(20)9(22)12(25)17(29-4)32-14-5(2-19)30-16(13(26)10(14)23)31-6-3-28-15(27)11(24)8(6)21/h4-27H,1-3H2/t4-,5-,6-,7+,8+,9+,10-,11-,12-,13-,14-,15-,16+,17+/m1/s1. The number of aliphatic hydroxyl groups is 10. The molecular weight excluding hydrogens is 444 g/mol. The highest BCUT2D eigenvalue weighted by molar-refractivity contribution is 4.95. The van der Waals surface area contributed by atoms with E-state index in [9.17, 15) is 51.1 Å². The predicted molar refractivity (Wildman–Crippen MR) is 95.2 cm³/mol. The maximum Gasteiger partial charge on any atom is 0.187 e. The van der Waals surface area contributed by atoms with Crippen LogP contribution in [0.2, 0.25) is 0 Å². The molecule has 15 heteroatoms. The van der Waals surface area contributed by atoms with E-state index in [1.165, 1.54) is 0 Å². The molecule has 32 heavy (non-hydrogen) atoms. The van der Waals surface area contributed by atoms with Gasteiger partial charge < -0.3 is 74.7 Å². The zero-order valence-electron chi connectivity index (χ0n) is 16.7. The van der Waals surface area contributed by atoms with E-state index in [-0.39, 0.29) is 6.61 Å². The molecule has 3 rings (SSSR count). The van der Waals surface area contributed by atoms with Crippen molar-refractivity contribution in [3.8, 4) is 0 Å². The fourth-order valence-corrected chi connectivity index (χ4v) is 3.74. The van der Waals surface area contributed by atoms with E-state index in [0.717, 1.165) is 0 Å². The zero-order valence-corrected chi connectivity index (χ0v) is 16.7. The fraction of sp³-hybridized carbons (Fsp3) is 1.00. The minimum atomic E-state index is -1.82. The van der Waals surface area contributed by atoms with E-state index in [2.05, 4.69) is 0 Å². The molecule has 3 saturated heterocycles. The first-order valence-electron chi connectivity index (χ1n) is 10.00. The second-order valence-corrected chi connectivity index (χ2v) is 7.88. The third-order valence-corrected chi connectivity index (χ3v) is 5.72. The summed E-state index contributed by atoms with van der Waals surface area (Å²) in [5.74, 6) is 0. The first kappa shape index (κ1) is 26.0. The third-order valence-electron chi connectivity index (χ3n) is 5.72. The summed E-state index contributed by atoms with van der Waals surface area (Å²) >= 11 is 0. The van der Waals surface area contributed by atoms with E-state index < -0.39 is 99.2 Å². The number of hydrogen-bond acceptors (Lipinski definition) is 15. The zero-order chi connectivity index (χ0) is 23.7. The van der Waals surface area contributed by atoms with Gasteiger partial charge in [0.25, 0.3) is 0 Å². The molecule has 0 radical (unpaired) electrons. The smallest absolute Gasteiger partial charge is 0.187 e. The highest BCUT2D eigenvalue weighted by atomic mass is 16.7. The summed E-state index contributed by atoms with van der Waals surface area (Å²) in [5.41, 5.74) is 0. The van der Waals surface area contributed by atoms with E-state index in [1.54, 1.807) is 0 Å². The Morgan fingerprint density at radius 3 is 1.78 bits per heavy atom. The maximum absolute atomic E-state index is 10.5. The molecule has 0 aromatic heterocycles. The van der Waals surface area contributed by atoms with Crippen molar-refractivity contribution < 1.29 is 74.7 Å². The Morgan fingerprint density at radius 2 is 1.16 bits per heavy atom. The predicted octanol–water partition coefficient (Wildman–Crippen LogP) is -6.93. The van der Waals surface area contributed by atoms with Gasteiger partial charge in [0.05, 0.1) is 19.8 Å². The molecule has 0 aromatic carbocycles. The molecule has 0 bridgehead atoms. The van der Waals surface area contributed by atoms with E-state index in [0.29, 0.717) is 0 Å². The summed E-state index contributed by atoms with van der Waals surface area (Å²) in [7, 11) is 0. The van der Waals surface area contributed by atoms with Crippen LogP contribution >= 0.6 is 0 Å². The van der Waals surface area contributed by atoms with Crippen molar-refractivity contribution in [1.29, 1.82) is 0 Å². The first-order chi connectivity index (χ1) is 15.1. The van der Waals surface area contributed by atoms with Crippen LogP contribution in [-0.4, -0.2) is 157 Å². The number of rotatable bonds is 6. The van der Waals surface area contributed by atoms with Gasteiger partial charge in [-0.25, -0.2) is 0 Å². The molecule has 0 aromatic rings. The second-order valence-electron chi connectivity index (χ2n) is 7.88. The minimum absolute atomic E-state index is 0.378. The van der Waals surface area contributed by atoms with Crippen LogP contribution < -0.4 is 0 Å². The normalized spacial score (nSPS) is 52.7. The quantitative estimate of drug-likeness (QED) is 0.172. The lowest BCUT2D eigenvalue weighted by molar-refractivity contribution is -0.371. The van der Waals surface area contributed by atoms with Gasteiger partial charge in [-0.1, -0.05) is 0 Å². The summed E-state index contributed by atoms with van der Waals surface area (Å²) in [4.78, 5) is 0. The highest BCUT2D eigenvalue weighted by Gasteiger charge is 2.52. The summed E-state index contributed by atoms with van der Waals surface area (Å²) in [6.07, 6.45) is -22.5. The Morgan fingerprint density at radius 1 is 0.594 bits per heavy atom. The van der Waals surface area contributed by atoms with Crippen LogP contribution in [0.3, 0.4) is 0 Å². The van der Waals surface area contributed by atoms with Gasteiger partial charge in [-0.2, -0.15) is 0 Å². The molecule has 0 amide bonds. The molecule has 15 nitrogen and oxygen atoms in total. The average molecular weight is 474 g/mol. The number of aliphatic hydroxyl groups excluding tert-OH is 10. The maximum atomic E-state index is 10.5. The van der Waals surface area contributed by atoms with Gasteiger partial charge in [-0.3, -0.25) is 0 Å². The third kappa shape index (κ3) is 5.07. The van der Waals surface area contributed by atoms with Gasteiger partial charge in [0.15, 0.2) is 18.9 Å². The Bertz CT molecular complexity index is 592. The van der Waals surface area contributed by atoms with Crippen LogP contribution in [0.1, 0.15) is 0 Å². The van der Waals surface area contributed by atoms with Crippen molar-refractivity contribution >= 4 is 0 Å². The van der Waals surface area contributed by atoms with Gasteiger partial charge in [0.1, 0.15) is 67.1 Å². The van der Waals surface area contributed by atoms with Crippen LogP contribution in [0.25, 0.3) is 0 Å². The van der Waals surface area contributed by atoms with Crippen molar-refractivity contribution in [2.45, 2.75) is 86.0 Å². The molecule has 3 aliphatic rings. The molecule has 0 spiro atoms. The van der Waals surface area contributed by atoms with Crippen LogP contribution in [0.4, 0.5) is 0 Å². The van der Waals surface area contributed by atoms with Crippen LogP contribution in [0.5, 0.6) is 0 Å². The molecule has 0 unspecified atom stereocenters. The molecule has 0 saturated carbocycles. The van der Waals surface area contributed by atoms with Crippen molar-refractivity contribution in [1.82, 2.24) is 0 Å². The Kier molecular flexibility index (Phi) is 8.75. The number of hydrogen-bond donors (Lipinski definition) is 10. The van der Waals surface area contributed by atoms with Gasteiger partial charge in [-0.15, -0.1) is 0 Å². The fourth-order valence-electron chi connectivity index (χ4n) is 3.74. The van der Waals surface area contributed by atoms with Crippen LogP contribution in [0.15, 0.2) is 0 Å². The van der Waals surface area contributed by atoms with Crippen molar-refractivity contribution in [2.75, 3.05) is 19.8 Å². The van der Waals surface area contributed by atoms with Gasteiger partial charge in [0, 0.05) is 0 Å². The summed E-state index contributed by atoms with van der Waals surface area (Å²) < 4.78 is 26.2. The average Bonchev–Trinajstić information content (AvgIpc) is 2.78. The van der Waals surface area contributed by atoms with E-state index in [1.807, 2.05) is 0 Å². The van der Waals surface area contributed by atoms with Gasteiger partial charge in [-0.05, 0) is 0 Å². The lowest BCUT2D eigenvalue weighted by atomic mass is 9.97. The van der Waals surface area contributed by atoms with Crippen LogP contribution in [-0.2, 0) is 23.7 Å².